The van der Waals surface area contributed by atoms with Gasteiger partial charge in [-0.2, -0.15) is 0 Å². The molecule has 1 N–H and O–H groups in total. The zero-order valence-electron chi connectivity index (χ0n) is 9.97. The van der Waals surface area contributed by atoms with Crippen molar-refractivity contribution in [2.75, 3.05) is 6.54 Å². The molecule has 0 amide bonds. The van der Waals surface area contributed by atoms with E-state index in [1.807, 2.05) is 13.0 Å². The van der Waals surface area contributed by atoms with Crippen LogP contribution in [0.1, 0.15) is 37.8 Å². The van der Waals surface area contributed by atoms with E-state index in [0.717, 1.165) is 17.7 Å². The van der Waals surface area contributed by atoms with E-state index in [0.29, 0.717) is 12.0 Å². The maximum absolute atomic E-state index is 13.1. The van der Waals surface area contributed by atoms with Crippen LogP contribution in [-0.4, -0.2) is 12.6 Å². The molecule has 1 aromatic carbocycles. The minimum Gasteiger partial charge on any atom is -0.314 e. The van der Waals surface area contributed by atoms with E-state index in [1.54, 1.807) is 6.07 Å². The molecule has 0 aromatic heterocycles. The van der Waals surface area contributed by atoms with E-state index >= 15 is 0 Å². The molecule has 84 valence electrons. The molecule has 0 fully saturated rings. The highest BCUT2D eigenvalue weighted by atomic mass is 19.1. The van der Waals surface area contributed by atoms with Crippen LogP contribution in [0.5, 0.6) is 0 Å². The van der Waals surface area contributed by atoms with Crippen LogP contribution in [0.4, 0.5) is 4.39 Å². The minimum absolute atomic E-state index is 0.147. The molecule has 0 spiro atoms. The number of halogens is 1. The molecule has 1 nitrogen and oxygen atoms in total. The molecule has 2 atom stereocenters. The van der Waals surface area contributed by atoms with Crippen molar-refractivity contribution in [3.63, 3.8) is 0 Å². The van der Waals surface area contributed by atoms with Crippen LogP contribution < -0.4 is 5.32 Å². The topological polar surface area (TPSA) is 12.0 Å². The summed E-state index contributed by atoms with van der Waals surface area (Å²) in [6.45, 7) is 9.33. The Morgan fingerprint density at radius 1 is 1.33 bits per heavy atom. The maximum atomic E-state index is 13.1. The standard InChI is InChI=1S/C13H20FN/c1-5-15-11(4)10(3)13-8-12(14)7-6-9(13)2/h6-8,10-11,15H,5H2,1-4H3. The number of hydrogen-bond acceptors (Lipinski definition) is 1. The Kier molecular flexibility index (Phi) is 4.28. The molecule has 0 aliphatic carbocycles. The van der Waals surface area contributed by atoms with Crippen molar-refractivity contribution in [2.45, 2.75) is 39.7 Å². The van der Waals surface area contributed by atoms with Crippen molar-refractivity contribution in [3.8, 4) is 0 Å². The Morgan fingerprint density at radius 2 is 2.00 bits per heavy atom. The molecule has 0 aliphatic heterocycles. The summed E-state index contributed by atoms with van der Waals surface area (Å²) in [5.74, 6) is 0.187. The fourth-order valence-electron chi connectivity index (χ4n) is 1.87. The van der Waals surface area contributed by atoms with Gasteiger partial charge in [-0.1, -0.05) is 19.9 Å². The van der Waals surface area contributed by atoms with Gasteiger partial charge in [0.1, 0.15) is 5.82 Å². The van der Waals surface area contributed by atoms with Crippen LogP contribution in [0.3, 0.4) is 0 Å². The highest BCUT2D eigenvalue weighted by molar-refractivity contribution is 5.30. The van der Waals surface area contributed by atoms with Gasteiger partial charge in [0.25, 0.3) is 0 Å². The molecule has 2 unspecified atom stereocenters. The molecule has 2 heteroatoms. The molecular formula is C13H20FN. The lowest BCUT2D eigenvalue weighted by Crippen LogP contribution is -2.30. The minimum atomic E-state index is -0.147. The van der Waals surface area contributed by atoms with Crippen LogP contribution in [-0.2, 0) is 0 Å². The predicted octanol–water partition coefficient (Wildman–Crippen LogP) is 3.24. The van der Waals surface area contributed by atoms with E-state index in [1.165, 1.54) is 6.07 Å². The van der Waals surface area contributed by atoms with Gasteiger partial charge in [-0.15, -0.1) is 0 Å². The highest BCUT2D eigenvalue weighted by Gasteiger charge is 2.15. The summed E-state index contributed by atoms with van der Waals surface area (Å²) in [5, 5.41) is 3.37. The van der Waals surface area contributed by atoms with E-state index in [2.05, 4.69) is 26.1 Å². The Balaban J connectivity index is 2.89. The molecule has 0 saturated carbocycles. The quantitative estimate of drug-likeness (QED) is 0.802. The third-order valence-electron chi connectivity index (χ3n) is 3.01. The summed E-state index contributed by atoms with van der Waals surface area (Å²) in [6.07, 6.45) is 0. The Labute approximate surface area is 91.7 Å². The third-order valence-corrected chi connectivity index (χ3v) is 3.01. The second-order valence-corrected chi connectivity index (χ2v) is 4.14. The van der Waals surface area contributed by atoms with Gasteiger partial charge >= 0.3 is 0 Å². The Bertz CT molecular complexity index is 322. The smallest absolute Gasteiger partial charge is 0.123 e. The normalized spacial score (nSPS) is 15.0. The van der Waals surface area contributed by atoms with Crippen molar-refractivity contribution in [1.29, 1.82) is 0 Å². The van der Waals surface area contributed by atoms with Gasteiger partial charge in [0.05, 0.1) is 0 Å². The number of rotatable bonds is 4. The lowest BCUT2D eigenvalue weighted by Gasteiger charge is -2.22. The summed E-state index contributed by atoms with van der Waals surface area (Å²) in [4.78, 5) is 0. The number of nitrogens with one attached hydrogen (secondary N) is 1. The first-order chi connectivity index (χ1) is 7.06. The lowest BCUT2D eigenvalue weighted by atomic mass is 9.91. The second kappa shape index (κ2) is 5.26. The predicted molar refractivity (Wildman–Crippen MR) is 62.7 cm³/mol. The van der Waals surface area contributed by atoms with Crippen LogP contribution in [0, 0.1) is 12.7 Å². The van der Waals surface area contributed by atoms with Crippen molar-refractivity contribution >= 4 is 0 Å². The monoisotopic (exact) mass is 209 g/mol. The molecule has 1 rings (SSSR count). The molecule has 15 heavy (non-hydrogen) atoms. The summed E-state index contributed by atoms with van der Waals surface area (Å²) in [7, 11) is 0. The number of aryl methyl sites for hydroxylation is 1. The Morgan fingerprint density at radius 3 is 2.60 bits per heavy atom. The maximum Gasteiger partial charge on any atom is 0.123 e. The zero-order chi connectivity index (χ0) is 11.4. The summed E-state index contributed by atoms with van der Waals surface area (Å²) in [6, 6.07) is 5.38. The average Bonchev–Trinajstić information content (AvgIpc) is 2.21. The second-order valence-electron chi connectivity index (χ2n) is 4.14. The lowest BCUT2D eigenvalue weighted by molar-refractivity contribution is 0.491. The molecule has 0 bridgehead atoms. The molecular weight excluding hydrogens is 189 g/mol. The molecule has 0 heterocycles. The molecule has 0 saturated heterocycles. The van der Waals surface area contributed by atoms with Gasteiger partial charge in [0.2, 0.25) is 0 Å². The van der Waals surface area contributed by atoms with Gasteiger partial charge in [0, 0.05) is 6.04 Å². The van der Waals surface area contributed by atoms with E-state index in [9.17, 15) is 4.39 Å². The fourth-order valence-corrected chi connectivity index (χ4v) is 1.87. The van der Waals surface area contributed by atoms with E-state index in [-0.39, 0.29) is 5.82 Å². The van der Waals surface area contributed by atoms with Crippen molar-refractivity contribution < 1.29 is 4.39 Å². The number of benzene rings is 1. The molecule has 0 radical (unpaired) electrons. The van der Waals surface area contributed by atoms with Crippen LogP contribution >= 0.6 is 0 Å². The highest BCUT2D eigenvalue weighted by Crippen LogP contribution is 2.23. The summed E-state index contributed by atoms with van der Waals surface area (Å²) < 4.78 is 13.1. The molecule has 0 aliphatic rings. The largest absolute Gasteiger partial charge is 0.314 e. The van der Waals surface area contributed by atoms with E-state index < -0.39 is 0 Å². The number of likely N-dealkylation sites (N-methyl/N-ethyl adjacent to an activating group) is 1. The fraction of sp³-hybridized carbons (Fsp3) is 0.538. The van der Waals surface area contributed by atoms with Gasteiger partial charge in [-0.25, -0.2) is 4.39 Å². The van der Waals surface area contributed by atoms with Crippen LogP contribution in [0.25, 0.3) is 0 Å². The average molecular weight is 209 g/mol. The first-order valence-electron chi connectivity index (χ1n) is 5.55. The SMILES string of the molecule is CCNC(C)C(C)c1cc(F)ccc1C. The van der Waals surface area contributed by atoms with Crippen LogP contribution in [0.15, 0.2) is 18.2 Å². The zero-order valence-corrected chi connectivity index (χ0v) is 9.97. The van der Waals surface area contributed by atoms with Crippen LogP contribution in [0.2, 0.25) is 0 Å². The van der Waals surface area contributed by atoms with Gasteiger partial charge in [-0.05, 0) is 49.6 Å². The molecule has 1 aromatic rings. The third kappa shape index (κ3) is 3.03. The van der Waals surface area contributed by atoms with Gasteiger partial charge < -0.3 is 5.32 Å². The first kappa shape index (κ1) is 12.2. The Hall–Kier alpha value is -0.890. The van der Waals surface area contributed by atoms with Crippen molar-refractivity contribution in [2.24, 2.45) is 0 Å². The summed E-state index contributed by atoms with van der Waals surface area (Å²) >= 11 is 0. The van der Waals surface area contributed by atoms with Crippen molar-refractivity contribution in [3.05, 3.63) is 35.1 Å². The summed E-state index contributed by atoms with van der Waals surface area (Å²) in [5.41, 5.74) is 2.26. The first-order valence-corrected chi connectivity index (χ1v) is 5.55. The van der Waals surface area contributed by atoms with E-state index in [4.69, 9.17) is 0 Å². The number of hydrogen-bond donors (Lipinski definition) is 1. The van der Waals surface area contributed by atoms with Gasteiger partial charge in [0.15, 0.2) is 0 Å². The van der Waals surface area contributed by atoms with Gasteiger partial charge in [-0.3, -0.25) is 0 Å². The van der Waals surface area contributed by atoms with Crippen molar-refractivity contribution in [1.82, 2.24) is 5.32 Å².